The van der Waals surface area contributed by atoms with Gasteiger partial charge in [0.15, 0.2) is 5.96 Å². The van der Waals surface area contributed by atoms with E-state index in [2.05, 4.69) is 25.9 Å². The summed E-state index contributed by atoms with van der Waals surface area (Å²) in [6, 6.07) is 2.58. The summed E-state index contributed by atoms with van der Waals surface area (Å²) in [5.74, 6) is -3.68. The first kappa shape index (κ1) is 33.0. The largest absolute Gasteiger partial charge is 0.480 e. The molecular weight excluding hydrogens is 534 g/mol. The molecule has 226 valence electrons. The Hall–Kier alpha value is -4.21. The highest BCUT2D eigenvalue weighted by Gasteiger charge is 2.30. The van der Waals surface area contributed by atoms with Crippen molar-refractivity contribution in [2.75, 3.05) is 19.7 Å². The number of amides is 3. The SMILES string of the molecule is NCCCCC(N)C(=O)NC(Cc1c[nH]c2ccccc12)C(=O)NC(CO)C(=O)NC(CCCN=C(N)N)C(=O)O. The van der Waals surface area contributed by atoms with Crippen LogP contribution in [-0.2, 0) is 25.6 Å². The number of nitrogens with one attached hydrogen (secondary N) is 4. The lowest BCUT2D eigenvalue weighted by Gasteiger charge is -2.24. The molecular formula is C26H41N9O6. The molecule has 4 atom stereocenters. The summed E-state index contributed by atoms with van der Waals surface area (Å²) >= 11 is 0. The van der Waals surface area contributed by atoms with Crippen LogP contribution >= 0.6 is 0 Å². The molecule has 2 rings (SSSR count). The van der Waals surface area contributed by atoms with Gasteiger partial charge in [0, 0.05) is 30.1 Å². The third-order valence-electron chi connectivity index (χ3n) is 6.41. The topological polar surface area (TPSA) is 277 Å². The van der Waals surface area contributed by atoms with Crippen LogP contribution in [0.4, 0.5) is 0 Å². The first-order valence-corrected chi connectivity index (χ1v) is 13.4. The summed E-state index contributed by atoms with van der Waals surface area (Å²) in [7, 11) is 0. The number of carboxylic acid groups (broad SMARTS) is 1. The lowest BCUT2D eigenvalue weighted by Crippen LogP contribution is -2.58. The van der Waals surface area contributed by atoms with Crippen molar-refractivity contribution in [3.05, 3.63) is 36.0 Å². The van der Waals surface area contributed by atoms with Crippen LogP contribution in [0.1, 0.15) is 37.7 Å². The van der Waals surface area contributed by atoms with E-state index in [1.54, 1.807) is 6.20 Å². The van der Waals surface area contributed by atoms with E-state index in [1.807, 2.05) is 24.3 Å². The van der Waals surface area contributed by atoms with E-state index in [0.29, 0.717) is 25.8 Å². The number of carbonyl (C=O) groups excluding carboxylic acids is 3. The van der Waals surface area contributed by atoms with Crippen molar-refractivity contribution >= 4 is 40.6 Å². The molecule has 2 aromatic rings. The molecule has 1 aromatic carbocycles. The number of guanidine groups is 1. The average Bonchev–Trinajstić information content (AvgIpc) is 3.35. The van der Waals surface area contributed by atoms with Gasteiger partial charge < -0.3 is 54.1 Å². The molecule has 0 saturated carbocycles. The van der Waals surface area contributed by atoms with Crippen molar-refractivity contribution < 1.29 is 29.4 Å². The number of rotatable bonds is 18. The Bertz CT molecular complexity index is 1200. The number of H-pyrrole nitrogens is 1. The number of carboxylic acids is 1. The van der Waals surface area contributed by atoms with E-state index >= 15 is 0 Å². The number of aliphatic imine (C=N–C) groups is 1. The average molecular weight is 576 g/mol. The van der Waals surface area contributed by atoms with E-state index in [1.165, 1.54) is 0 Å². The van der Waals surface area contributed by atoms with Gasteiger partial charge in [0.1, 0.15) is 18.1 Å². The number of aromatic amines is 1. The number of fused-ring (bicyclic) bond motifs is 1. The molecule has 1 heterocycles. The first-order valence-electron chi connectivity index (χ1n) is 13.4. The van der Waals surface area contributed by atoms with Crippen LogP contribution in [-0.4, -0.2) is 88.7 Å². The van der Waals surface area contributed by atoms with Crippen LogP contribution in [0.25, 0.3) is 10.9 Å². The highest BCUT2D eigenvalue weighted by atomic mass is 16.4. The molecule has 0 bridgehead atoms. The summed E-state index contributed by atoms with van der Waals surface area (Å²) in [6.45, 7) is -0.195. The Morgan fingerprint density at radius 2 is 1.56 bits per heavy atom. The Kier molecular flexibility index (Phi) is 13.5. The maximum absolute atomic E-state index is 13.4. The zero-order valence-electron chi connectivity index (χ0n) is 22.8. The number of aromatic nitrogens is 1. The molecule has 4 unspecified atom stereocenters. The lowest BCUT2D eigenvalue weighted by atomic mass is 10.0. The van der Waals surface area contributed by atoms with Crippen molar-refractivity contribution in [3.63, 3.8) is 0 Å². The van der Waals surface area contributed by atoms with E-state index in [-0.39, 0.29) is 31.8 Å². The predicted octanol–water partition coefficient (Wildman–Crippen LogP) is -2.25. The number of nitrogens with zero attached hydrogens (tertiary/aromatic N) is 1. The Labute approximate surface area is 237 Å². The van der Waals surface area contributed by atoms with Gasteiger partial charge in [-0.1, -0.05) is 24.6 Å². The monoisotopic (exact) mass is 575 g/mol. The molecule has 0 spiro atoms. The number of unbranched alkanes of at least 4 members (excludes halogenated alkanes) is 1. The van der Waals surface area contributed by atoms with Crippen LogP contribution in [0.3, 0.4) is 0 Å². The standard InChI is InChI=1S/C26H41N9O6/c27-10-4-3-7-17(28)22(37)34-20(12-15-13-32-18-8-2-1-6-16(15)18)23(38)35-21(14-36)24(39)33-19(25(40)41)9-5-11-31-26(29)30/h1-2,6,8,13,17,19-21,32,36H,3-5,7,9-12,14,27-28H2,(H,33,39)(H,34,37)(H,35,38)(H,40,41)(H4,29,30,31). The minimum atomic E-state index is -1.48. The van der Waals surface area contributed by atoms with E-state index in [4.69, 9.17) is 22.9 Å². The normalized spacial score (nSPS) is 13.9. The van der Waals surface area contributed by atoms with E-state index in [0.717, 1.165) is 16.5 Å². The fraction of sp³-hybridized carbons (Fsp3) is 0.500. The number of nitrogens with two attached hydrogens (primary N) is 4. The number of aliphatic carboxylic acids is 1. The fourth-order valence-electron chi connectivity index (χ4n) is 4.15. The lowest BCUT2D eigenvalue weighted by molar-refractivity contribution is -0.142. The molecule has 0 radical (unpaired) electrons. The summed E-state index contributed by atoms with van der Waals surface area (Å²) in [5, 5.41) is 27.6. The van der Waals surface area contributed by atoms with Gasteiger partial charge >= 0.3 is 5.97 Å². The van der Waals surface area contributed by atoms with Gasteiger partial charge in [0.05, 0.1) is 12.6 Å². The molecule has 3 amide bonds. The summed E-state index contributed by atoms with van der Waals surface area (Å²) in [6.07, 6.45) is 3.73. The molecule has 41 heavy (non-hydrogen) atoms. The predicted molar refractivity (Wildman–Crippen MR) is 153 cm³/mol. The molecule has 15 heteroatoms. The van der Waals surface area contributed by atoms with Gasteiger partial charge in [0.2, 0.25) is 17.7 Å². The zero-order chi connectivity index (χ0) is 30.4. The minimum absolute atomic E-state index is 0.00520. The highest BCUT2D eigenvalue weighted by Crippen LogP contribution is 2.19. The number of hydrogen-bond acceptors (Lipinski definition) is 8. The smallest absolute Gasteiger partial charge is 0.326 e. The Morgan fingerprint density at radius 1 is 0.902 bits per heavy atom. The zero-order valence-corrected chi connectivity index (χ0v) is 22.8. The molecule has 0 aliphatic heterocycles. The van der Waals surface area contributed by atoms with Crippen LogP contribution in [0.5, 0.6) is 0 Å². The molecule has 14 N–H and O–H groups in total. The number of benzene rings is 1. The number of para-hydroxylation sites is 1. The van der Waals surface area contributed by atoms with E-state index in [9.17, 15) is 29.4 Å². The van der Waals surface area contributed by atoms with E-state index < -0.39 is 54.5 Å². The Balaban J connectivity index is 2.16. The minimum Gasteiger partial charge on any atom is -0.480 e. The first-order chi connectivity index (χ1) is 19.6. The van der Waals surface area contributed by atoms with Crippen LogP contribution < -0.4 is 38.9 Å². The third-order valence-corrected chi connectivity index (χ3v) is 6.41. The number of aliphatic hydroxyl groups excluding tert-OH is 1. The molecule has 1 aromatic heterocycles. The van der Waals surface area contributed by atoms with Gasteiger partial charge in [-0.2, -0.15) is 0 Å². The van der Waals surface area contributed by atoms with Crippen molar-refractivity contribution in [1.82, 2.24) is 20.9 Å². The highest BCUT2D eigenvalue weighted by molar-refractivity contribution is 5.95. The Morgan fingerprint density at radius 3 is 2.22 bits per heavy atom. The van der Waals surface area contributed by atoms with Crippen LogP contribution in [0.15, 0.2) is 35.5 Å². The fourth-order valence-corrected chi connectivity index (χ4v) is 4.15. The van der Waals surface area contributed by atoms with Crippen molar-refractivity contribution in [3.8, 4) is 0 Å². The maximum Gasteiger partial charge on any atom is 0.326 e. The summed E-state index contributed by atoms with van der Waals surface area (Å²) < 4.78 is 0. The van der Waals surface area contributed by atoms with Gasteiger partial charge in [-0.05, 0) is 43.9 Å². The second-order valence-corrected chi connectivity index (χ2v) is 9.61. The van der Waals surface area contributed by atoms with Crippen LogP contribution in [0.2, 0.25) is 0 Å². The second-order valence-electron chi connectivity index (χ2n) is 9.61. The molecule has 0 aliphatic rings. The van der Waals surface area contributed by atoms with Gasteiger partial charge in [-0.3, -0.25) is 19.4 Å². The van der Waals surface area contributed by atoms with Crippen molar-refractivity contribution in [2.24, 2.45) is 27.9 Å². The molecule has 0 fully saturated rings. The van der Waals surface area contributed by atoms with Crippen molar-refractivity contribution in [1.29, 1.82) is 0 Å². The summed E-state index contributed by atoms with van der Waals surface area (Å²) in [5.41, 5.74) is 23.6. The number of aliphatic hydroxyl groups is 1. The second kappa shape index (κ2) is 16.8. The number of carbonyl (C=O) groups is 4. The molecule has 0 saturated heterocycles. The van der Waals surface area contributed by atoms with Crippen LogP contribution in [0, 0.1) is 0 Å². The van der Waals surface area contributed by atoms with Gasteiger partial charge in [-0.15, -0.1) is 0 Å². The molecule has 15 nitrogen and oxygen atoms in total. The van der Waals surface area contributed by atoms with Gasteiger partial charge in [-0.25, -0.2) is 4.79 Å². The maximum atomic E-state index is 13.4. The third kappa shape index (κ3) is 10.7. The molecule has 0 aliphatic carbocycles. The number of hydrogen-bond donors (Lipinski definition) is 10. The quantitative estimate of drug-likeness (QED) is 0.0518. The van der Waals surface area contributed by atoms with Crippen molar-refractivity contribution in [2.45, 2.75) is 62.7 Å². The summed E-state index contributed by atoms with van der Waals surface area (Å²) in [4.78, 5) is 57.5. The van der Waals surface area contributed by atoms with Gasteiger partial charge in [0.25, 0.3) is 0 Å².